The van der Waals surface area contributed by atoms with Gasteiger partial charge in [-0.25, -0.2) is 9.97 Å². The second-order valence-electron chi connectivity index (χ2n) is 4.66. The van der Waals surface area contributed by atoms with Gasteiger partial charge < -0.3 is 29.9 Å². The molecule has 20 heavy (non-hydrogen) atoms. The molecule has 4 atom stereocenters. The van der Waals surface area contributed by atoms with Gasteiger partial charge in [0.25, 0.3) is 0 Å². The first-order valence-corrected chi connectivity index (χ1v) is 6.29. The number of aliphatic hydroxyl groups excluding tert-OH is 3. The van der Waals surface area contributed by atoms with Crippen LogP contribution in [0.1, 0.15) is 6.23 Å². The Bertz CT molecular complexity index is 617. The number of aromatic nitrogens is 3. The van der Waals surface area contributed by atoms with E-state index in [-0.39, 0.29) is 6.61 Å². The van der Waals surface area contributed by atoms with Crippen LogP contribution in [0.5, 0.6) is 0 Å². The highest BCUT2D eigenvalue weighted by atomic mass is 16.6. The summed E-state index contributed by atoms with van der Waals surface area (Å²) in [7, 11) is 1.76. The summed E-state index contributed by atoms with van der Waals surface area (Å²) in [5.74, 6) is 0.667. The van der Waals surface area contributed by atoms with E-state index in [9.17, 15) is 10.2 Å². The minimum absolute atomic E-state index is 0.356. The number of anilines is 1. The second kappa shape index (κ2) is 4.98. The standard InChI is InChI=1S/C12H16N4O4/c1-13-10-6-2-3-16(11(6)15-5-14-10)12-9(19)8(18)7(4-17)20-12/h2-3,5,7-9,12,17-19H,4H2,1H3,(H,13,14,15)/t7-,8+,9-,12-/m0/s1. The van der Waals surface area contributed by atoms with Gasteiger partial charge in [0.05, 0.1) is 12.0 Å². The molecule has 1 aliphatic heterocycles. The van der Waals surface area contributed by atoms with Crippen LogP contribution in [0.2, 0.25) is 0 Å². The number of nitrogens with zero attached hydrogens (tertiary/aromatic N) is 3. The van der Waals surface area contributed by atoms with Crippen LogP contribution in [-0.2, 0) is 4.74 Å². The van der Waals surface area contributed by atoms with Crippen molar-refractivity contribution in [1.29, 1.82) is 0 Å². The van der Waals surface area contributed by atoms with Crippen LogP contribution in [0, 0.1) is 0 Å². The molecular formula is C12H16N4O4. The van der Waals surface area contributed by atoms with Crippen LogP contribution in [0.3, 0.4) is 0 Å². The van der Waals surface area contributed by atoms with E-state index in [1.165, 1.54) is 6.33 Å². The minimum atomic E-state index is -1.13. The topological polar surface area (TPSA) is 113 Å². The fourth-order valence-corrected chi connectivity index (χ4v) is 2.49. The fourth-order valence-electron chi connectivity index (χ4n) is 2.49. The molecule has 108 valence electrons. The smallest absolute Gasteiger partial charge is 0.164 e. The second-order valence-corrected chi connectivity index (χ2v) is 4.66. The summed E-state index contributed by atoms with van der Waals surface area (Å²) in [6.45, 7) is -0.356. The molecule has 4 N–H and O–H groups in total. The van der Waals surface area contributed by atoms with Crippen molar-refractivity contribution < 1.29 is 20.1 Å². The maximum absolute atomic E-state index is 10.1. The SMILES string of the molecule is CNc1ncnc2c1ccn2[C@H]1O[C@@H](CO)[C@@H](O)[C@@H]1O. The number of hydrogen-bond donors (Lipinski definition) is 4. The first-order valence-electron chi connectivity index (χ1n) is 6.29. The highest BCUT2D eigenvalue weighted by Gasteiger charge is 2.43. The van der Waals surface area contributed by atoms with Crippen molar-refractivity contribution in [3.05, 3.63) is 18.6 Å². The molecule has 0 saturated carbocycles. The Labute approximate surface area is 114 Å². The lowest BCUT2D eigenvalue weighted by molar-refractivity contribution is -0.0508. The molecule has 0 amide bonds. The molecule has 8 nitrogen and oxygen atoms in total. The molecule has 0 radical (unpaired) electrons. The maximum Gasteiger partial charge on any atom is 0.164 e. The average molecular weight is 280 g/mol. The van der Waals surface area contributed by atoms with Gasteiger partial charge in [-0.2, -0.15) is 0 Å². The van der Waals surface area contributed by atoms with Crippen LogP contribution in [0.25, 0.3) is 11.0 Å². The summed E-state index contributed by atoms with van der Waals surface area (Å²) in [5, 5.41) is 32.7. The highest BCUT2D eigenvalue weighted by Crippen LogP contribution is 2.32. The molecule has 1 fully saturated rings. The Morgan fingerprint density at radius 1 is 1.35 bits per heavy atom. The van der Waals surface area contributed by atoms with E-state index in [0.717, 1.165) is 5.39 Å². The number of hydrogen-bond acceptors (Lipinski definition) is 7. The third-order valence-electron chi connectivity index (χ3n) is 3.54. The molecule has 0 aliphatic carbocycles. The van der Waals surface area contributed by atoms with Gasteiger partial charge >= 0.3 is 0 Å². The predicted octanol–water partition coefficient (Wildman–Crippen LogP) is -0.916. The van der Waals surface area contributed by atoms with E-state index < -0.39 is 24.5 Å². The third-order valence-corrected chi connectivity index (χ3v) is 3.54. The van der Waals surface area contributed by atoms with Gasteiger partial charge in [0, 0.05) is 13.2 Å². The van der Waals surface area contributed by atoms with Crippen molar-refractivity contribution in [2.24, 2.45) is 0 Å². The normalized spacial score (nSPS) is 30.0. The number of rotatable bonds is 3. The number of fused-ring (bicyclic) bond motifs is 1. The molecule has 3 rings (SSSR count). The maximum atomic E-state index is 10.1. The Balaban J connectivity index is 2.03. The molecule has 8 heteroatoms. The summed E-state index contributed by atoms with van der Waals surface area (Å²) in [5.41, 5.74) is 0.583. The van der Waals surface area contributed by atoms with Crippen LogP contribution in [-0.4, -0.2) is 61.8 Å². The number of aliphatic hydroxyl groups is 3. The van der Waals surface area contributed by atoms with E-state index in [4.69, 9.17) is 9.84 Å². The molecule has 0 unspecified atom stereocenters. The zero-order valence-electron chi connectivity index (χ0n) is 10.8. The van der Waals surface area contributed by atoms with E-state index in [1.54, 1.807) is 23.9 Å². The van der Waals surface area contributed by atoms with Gasteiger partial charge in [-0.05, 0) is 6.07 Å². The van der Waals surface area contributed by atoms with E-state index in [2.05, 4.69) is 15.3 Å². The molecule has 1 aliphatic rings. The van der Waals surface area contributed by atoms with Gasteiger partial charge in [0.15, 0.2) is 6.23 Å². The van der Waals surface area contributed by atoms with Crippen LogP contribution < -0.4 is 5.32 Å². The summed E-state index contributed by atoms with van der Waals surface area (Å²) < 4.78 is 7.12. The van der Waals surface area contributed by atoms with Gasteiger partial charge in [0.2, 0.25) is 0 Å². The summed E-state index contributed by atoms with van der Waals surface area (Å²) >= 11 is 0. The Morgan fingerprint density at radius 2 is 2.15 bits per heavy atom. The quantitative estimate of drug-likeness (QED) is 0.575. The summed E-state index contributed by atoms with van der Waals surface area (Å²) in [4.78, 5) is 8.28. The van der Waals surface area contributed by atoms with Crippen molar-refractivity contribution in [1.82, 2.24) is 14.5 Å². The highest BCUT2D eigenvalue weighted by molar-refractivity contribution is 5.87. The van der Waals surface area contributed by atoms with Gasteiger partial charge in [-0.15, -0.1) is 0 Å². The van der Waals surface area contributed by atoms with Crippen molar-refractivity contribution in [2.45, 2.75) is 24.5 Å². The van der Waals surface area contributed by atoms with Gasteiger partial charge in [0.1, 0.15) is 36.1 Å². The van der Waals surface area contributed by atoms with E-state index in [0.29, 0.717) is 11.5 Å². The Morgan fingerprint density at radius 3 is 2.80 bits per heavy atom. The average Bonchev–Trinajstić information content (AvgIpc) is 3.01. The first-order chi connectivity index (χ1) is 9.67. The number of ether oxygens (including phenoxy) is 1. The van der Waals surface area contributed by atoms with Crippen LogP contribution in [0.15, 0.2) is 18.6 Å². The Hall–Kier alpha value is -1.74. The zero-order chi connectivity index (χ0) is 14.3. The van der Waals surface area contributed by atoms with Crippen LogP contribution in [0.4, 0.5) is 5.82 Å². The lowest BCUT2D eigenvalue weighted by Gasteiger charge is -2.17. The van der Waals surface area contributed by atoms with Crippen molar-refractivity contribution in [3.63, 3.8) is 0 Å². The van der Waals surface area contributed by atoms with Gasteiger partial charge in [-0.3, -0.25) is 0 Å². The van der Waals surface area contributed by atoms with E-state index >= 15 is 0 Å². The molecular weight excluding hydrogens is 264 g/mol. The largest absolute Gasteiger partial charge is 0.394 e. The van der Waals surface area contributed by atoms with Crippen molar-refractivity contribution in [2.75, 3.05) is 19.0 Å². The molecule has 1 saturated heterocycles. The molecule has 0 spiro atoms. The fraction of sp³-hybridized carbons (Fsp3) is 0.500. The predicted molar refractivity (Wildman–Crippen MR) is 70.1 cm³/mol. The van der Waals surface area contributed by atoms with Gasteiger partial charge in [-0.1, -0.05) is 0 Å². The molecule has 2 aromatic heterocycles. The van der Waals surface area contributed by atoms with Crippen molar-refractivity contribution >= 4 is 16.9 Å². The van der Waals surface area contributed by atoms with Crippen molar-refractivity contribution in [3.8, 4) is 0 Å². The Kier molecular flexibility index (Phi) is 3.30. The monoisotopic (exact) mass is 280 g/mol. The van der Waals surface area contributed by atoms with Crippen LogP contribution >= 0.6 is 0 Å². The number of nitrogens with one attached hydrogen (secondary N) is 1. The van der Waals surface area contributed by atoms with E-state index in [1.807, 2.05) is 0 Å². The molecule has 2 aromatic rings. The summed E-state index contributed by atoms with van der Waals surface area (Å²) in [6.07, 6.45) is -0.743. The molecule has 3 heterocycles. The first kappa shape index (κ1) is 13.3. The zero-order valence-corrected chi connectivity index (χ0v) is 10.8. The summed E-state index contributed by atoms with van der Waals surface area (Å²) in [6, 6.07) is 1.80. The molecule has 0 aromatic carbocycles. The molecule has 0 bridgehead atoms. The third kappa shape index (κ3) is 1.85. The lowest BCUT2D eigenvalue weighted by Crippen LogP contribution is -2.33. The minimum Gasteiger partial charge on any atom is -0.394 e. The lowest BCUT2D eigenvalue weighted by atomic mass is 10.1.